The van der Waals surface area contributed by atoms with Crippen molar-refractivity contribution in [3.8, 4) is 5.75 Å². The second-order valence-electron chi connectivity index (χ2n) is 7.41. The van der Waals surface area contributed by atoms with Gasteiger partial charge in [0.2, 0.25) is 11.9 Å². The van der Waals surface area contributed by atoms with Crippen LogP contribution in [0.3, 0.4) is 0 Å². The predicted octanol–water partition coefficient (Wildman–Crippen LogP) is 1.55. The summed E-state index contributed by atoms with van der Waals surface area (Å²) >= 11 is 6.50. The van der Waals surface area contributed by atoms with Gasteiger partial charge in [0.15, 0.2) is 6.10 Å². The number of amides is 2. The van der Waals surface area contributed by atoms with Gasteiger partial charge in [-0.2, -0.15) is 0 Å². The van der Waals surface area contributed by atoms with Crippen molar-refractivity contribution in [2.24, 2.45) is 4.99 Å². The SMILES string of the molecule is O=C(O)CC(Oc1ccc2c(c1Cl)CN1CC(=O)NC1=N2)C(=O)NC1CCCC1. The van der Waals surface area contributed by atoms with Crippen LogP contribution in [0.1, 0.15) is 37.7 Å². The smallest absolute Gasteiger partial charge is 0.307 e. The van der Waals surface area contributed by atoms with Crippen molar-refractivity contribution in [1.82, 2.24) is 15.5 Å². The van der Waals surface area contributed by atoms with Crippen LogP contribution in [0.4, 0.5) is 5.69 Å². The lowest BCUT2D eigenvalue weighted by Gasteiger charge is -2.25. The number of guanidine groups is 1. The minimum absolute atomic E-state index is 0.0503. The number of fused-ring (bicyclic) bond motifs is 2. The summed E-state index contributed by atoms with van der Waals surface area (Å²) in [7, 11) is 0. The van der Waals surface area contributed by atoms with Crippen LogP contribution in [0.15, 0.2) is 17.1 Å². The molecule has 10 heteroatoms. The van der Waals surface area contributed by atoms with Crippen molar-refractivity contribution in [2.75, 3.05) is 6.54 Å². The molecule has 1 aliphatic carbocycles. The van der Waals surface area contributed by atoms with Gasteiger partial charge in [0.05, 0.1) is 23.7 Å². The Morgan fingerprint density at radius 1 is 1.34 bits per heavy atom. The Kier molecular flexibility index (Phi) is 5.31. The Balaban J connectivity index is 1.54. The number of hydrogen-bond donors (Lipinski definition) is 3. The molecule has 0 bridgehead atoms. The molecule has 4 rings (SSSR count). The van der Waals surface area contributed by atoms with E-state index in [1.54, 1.807) is 17.0 Å². The first-order valence-electron chi connectivity index (χ1n) is 9.54. The van der Waals surface area contributed by atoms with Crippen molar-refractivity contribution in [1.29, 1.82) is 0 Å². The molecule has 1 aromatic rings. The van der Waals surface area contributed by atoms with Crippen LogP contribution in [-0.4, -0.2) is 52.4 Å². The maximum Gasteiger partial charge on any atom is 0.307 e. The Hall–Kier alpha value is -2.81. The Morgan fingerprint density at radius 2 is 2.10 bits per heavy atom. The lowest BCUT2D eigenvalue weighted by atomic mass is 10.1. The van der Waals surface area contributed by atoms with Crippen molar-refractivity contribution >= 4 is 41.0 Å². The molecule has 29 heavy (non-hydrogen) atoms. The van der Waals surface area contributed by atoms with E-state index in [9.17, 15) is 19.5 Å². The first kappa shape index (κ1) is 19.5. The van der Waals surface area contributed by atoms with Crippen LogP contribution in [0, 0.1) is 0 Å². The first-order valence-corrected chi connectivity index (χ1v) is 9.92. The molecule has 9 nitrogen and oxygen atoms in total. The maximum atomic E-state index is 12.6. The second-order valence-corrected chi connectivity index (χ2v) is 7.79. The van der Waals surface area contributed by atoms with Crippen molar-refractivity contribution in [3.63, 3.8) is 0 Å². The summed E-state index contributed by atoms with van der Waals surface area (Å²) < 4.78 is 5.75. The van der Waals surface area contributed by atoms with E-state index < -0.39 is 24.4 Å². The van der Waals surface area contributed by atoms with Crippen LogP contribution in [-0.2, 0) is 20.9 Å². The number of aliphatic imine (C=N–C) groups is 1. The number of aliphatic carboxylic acids is 1. The molecule has 2 amide bonds. The molecule has 1 aromatic carbocycles. The number of rotatable bonds is 6. The van der Waals surface area contributed by atoms with Gasteiger partial charge in [0.1, 0.15) is 12.3 Å². The Labute approximate surface area is 172 Å². The van der Waals surface area contributed by atoms with Crippen LogP contribution in [0.25, 0.3) is 0 Å². The normalized spacial score (nSPS) is 19.1. The number of carbonyl (C=O) groups is 3. The van der Waals surface area contributed by atoms with Gasteiger partial charge >= 0.3 is 5.97 Å². The minimum Gasteiger partial charge on any atom is -0.481 e. The van der Waals surface area contributed by atoms with E-state index in [0.717, 1.165) is 25.7 Å². The highest BCUT2D eigenvalue weighted by molar-refractivity contribution is 6.33. The van der Waals surface area contributed by atoms with Crippen molar-refractivity contribution in [2.45, 2.75) is 50.8 Å². The maximum absolute atomic E-state index is 12.6. The minimum atomic E-state index is -1.19. The van der Waals surface area contributed by atoms with Crippen molar-refractivity contribution < 1.29 is 24.2 Å². The van der Waals surface area contributed by atoms with Gasteiger partial charge in [-0.1, -0.05) is 24.4 Å². The molecule has 1 atom stereocenters. The summed E-state index contributed by atoms with van der Waals surface area (Å²) in [5.74, 6) is -1.04. The van der Waals surface area contributed by atoms with E-state index in [0.29, 0.717) is 23.8 Å². The van der Waals surface area contributed by atoms with Gasteiger partial charge in [-0.3, -0.25) is 19.7 Å². The van der Waals surface area contributed by atoms with Crippen LogP contribution in [0.5, 0.6) is 5.75 Å². The summed E-state index contributed by atoms with van der Waals surface area (Å²) in [4.78, 5) is 41.6. The zero-order valence-corrected chi connectivity index (χ0v) is 16.4. The highest BCUT2D eigenvalue weighted by Gasteiger charge is 2.32. The van der Waals surface area contributed by atoms with Gasteiger partial charge in [-0.15, -0.1) is 0 Å². The molecule has 1 saturated heterocycles. The molecule has 2 heterocycles. The molecule has 1 unspecified atom stereocenters. The highest BCUT2D eigenvalue weighted by Crippen LogP contribution is 2.39. The van der Waals surface area contributed by atoms with E-state index in [-0.39, 0.29) is 29.3 Å². The first-order chi connectivity index (χ1) is 13.9. The molecule has 1 saturated carbocycles. The molecular formula is C19H21ClN4O5. The van der Waals surface area contributed by atoms with E-state index in [1.807, 2.05) is 0 Å². The summed E-state index contributed by atoms with van der Waals surface area (Å²) in [6.45, 7) is 0.548. The molecule has 2 fully saturated rings. The predicted molar refractivity (Wildman–Crippen MR) is 104 cm³/mol. The second kappa shape index (κ2) is 7.90. The number of carbonyl (C=O) groups excluding carboxylic acids is 2. The molecule has 0 radical (unpaired) electrons. The zero-order valence-electron chi connectivity index (χ0n) is 15.6. The van der Waals surface area contributed by atoms with E-state index in [4.69, 9.17) is 16.3 Å². The number of nitrogens with one attached hydrogen (secondary N) is 2. The van der Waals surface area contributed by atoms with Crippen LogP contribution >= 0.6 is 11.6 Å². The third kappa shape index (κ3) is 4.14. The topological polar surface area (TPSA) is 120 Å². The van der Waals surface area contributed by atoms with Crippen LogP contribution < -0.4 is 15.4 Å². The van der Waals surface area contributed by atoms with E-state index in [1.165, 1.54) is 0 Å². The molecular weight excluding hydrogens is 400 g/mol. The summed E-state index contributed by atoms with van der Waals surface area (Å²) in [6.07, 6.45) is 2.19. The fourth-order valence-corrected chi connectivity index (χ4v) is 4.09. The molecule has 3 N–H and O–H groups in total. The van der Waals surface area contributed by atoms with E-state index >= 15 is 0 Å². The quantitative estimate of drug-likeness (QED) is 0.642. The Morgan fingerprint density at radius 3 is 2.83 bits per heavy atom. The number of carboxylic acid groups (broad SMARTS) is 1. The number of hydrogen-bond acceptors (Lipinski definition) is 6. The van der Waals surface area contributed by atoms with Gasteiger partial charge in [0.25, 0.3) is 5.91 Å². The fraction of sp³-hybridized carbons (Fsp3) is 0.474. The summed E-state index contributed by atoms with van der Waals surface area (Å²) in [5.41, 5.74) is 1.26. The molecule has 154 valence electrons. The lowest BCUT2D eigenvalue weighted by molar-refractivity contribution is -0.143. The highest BCUT2D eigenvalue weighted by atomic mass is 35.5. The van der Waals surface area contributed by atoms with Crippen molar-refractivity contribution in [3.05, 3.63) is 22.7 Å². The zero-order chi connectivity index (χ0) is 20.5. The number of halogens is 1. The number of ether oxygens (including phenoxy) is 1. The summed E-state index contributed by atoms with van der Waals surface area (Å²) in [5, 5.41) is 15.0. The summed E-state index contributed by atoms with van der Waals surface area (Å²) in [6, 6.07) is 3.29. The van der Waals surface area contributed by atoms with Crippen LogP contribution in [0.2, 0.25) is 5.02 Å². The lowest BCUT2D eigenvalue weighted by Crippen LogP contribution is -2.43. The monoisotopic (exact) mass is 420 g/mol. The molecule has 0 aromatic heterocycles. The number of carboxylic acids is 1. The average Bonchev–Trinajstić information content (AvgIpc) is 3.29. The average molecular weight is 421 g/mol. The molecule has 2 aliphatic heterocycles. The third-order valence-corrected chi connectivity index (χ3v) is 5.68. The molecule has 3 aliphatic rings. The molecule has 0 spiro atoms. The Bertz CT molecular complexity index is 897. The van der Waals surface area contributed by atoms with Gasteiger partial charge < -0.3 is 20.1 Å². The third-order valence-electron chi connectivity index (χ3n) is 5.27. The van der Waals surface area contributed by atoms with Gasteiger partial charge in [0, 0.05) is 11.6 Å². The fourth-order valence-electron chi connectivity index (χ4n) is 3.83. The van der Waals surface area contributed by atoms with Gasteiger partial charge in [-0.05, 0) is 25.0 Å². The van der Waals surface area contributed by atoms with Gasteiger partial charge in [-0.25, -0.2) is 4.99 Å². The standard InChI is InChI=1S/C19H21ClN4O5/c20-17-11-8-24-9-15(25)23-19(24)22-12(11)5-6-13(17)29-14(7-16(26)27)18(28)21-10-3-1-2-4-10/h5-6,10,14H,1-4,7-9H2,(H,21,28)(H,26,27)(H,22,23,25). The number of nitrogens with zero attached hydrogens (tertiary/aromatic N) is 2. The number of benzene rings is 1. The largest absolute Gasteiger partial charge is 0.481 e. The van der Waals surface area contributed by atoms with E-state index in [2.05, 4.69) is 15.6 Å².